The molecule has 140 heavy (non-hydrogen) atoms. The summed E-state index contributed by atoms with van der Waals surface area (Å²) < 4.78 is 0. The van der Waals surface area contributed by atoms with Crippen LogP contribution < -0.4 is 0 Å². The van der Waals surface area contributed by atoms with Gasteiger partial charge in [0.05, 0.1) is 0 Å². The Morgan fingerprint density at radius 1 is 0.100 bits per heavy atom. The van der Waals surface area contributed by atoms with Gasteiger partial charge >= 0.3 is 0 Å². The van der Waals surface area contributed by atoms with Gasteiger partial charge in [-0.3, -0.25) is 9.59 Å². The summed E-state index contributed by atoms with van der Waals surface area (Å²) in [6.07, 6.45) is 0. The average Bonchev–Trinajstić information content (AvgIpc) is 0.763. The SMILES string of the molecule is O=C(c1cc(-c2cc(-c3ccccc3)cc(-c3ccccc3)c2)cc(-c2cc(-c3ccccc3)cc(-c3ccccc3)c2)c1)c1cc(-c2cc(-c3ccccc3)cc(-c3ccccc3)c2)cc(-c2cc(-c3ccccc3)cc(-c3ccccc3-c3cc(-c4cc(C(=O)c5cc(-c6ccc7ccccc7c6)cc(-c6ccc7ccccc7c6)c5)cc(-c5ccc6ccccc6c5)c4)cc4ccccc34)c2)c1. The number of hydrogen-bond donors (Lipinski definition) is 0. The Hall–Kier alpha value is -18.3. The van der Waals surface area contributed by atoms with Gasteiger partial charge in [-0.05, 0) is 408 Å². The molecule has 24 aromatic rings. The molecule has 2 nitrogen and oxygen atoms in total. The van der Waals surface area contributed by atoms with Crippen molar-refractivity contribution in [1.29, 1.82) is 0 Å². The summed E-state index contributed by atoms with van der Waals surface area (Å²) in [5.74, 6) is -0.212. The maximum atomic E-state index is 17.4. The minimum absolute atomic E-state index is 0.0839. The zero-order valence-corrected chi connectivity index (χ0v) is 76.8. The van der Waals surface area contributed by atoms with Gasteiger partial charge in [0.15, 0.2) is 11.6 Å². The van der Waals surface area contributed by atoms with Crippen molar-refractivity contribution in [3.8, 4) is 189 Å². The molecule has 0 spiro atoms. The van der Waals surface area contributed by atoms with Crippen LogP contribution in [-0.2, 0) is 0 Å². The molecule has 0 N–H and O–H groups in total. The number of fused-ring (bicyclic) bond motifs is 4. The van der Waals surface area contributed by atoms with Gasteiger partial charge in [-0.15, -0.1) is 0 Å². The van der Waals surface area contributed by atoms with Gasteiger partial charge in [0, 0.05) is 22.3 Å². The molecule has 0 aliphatic heterocycles. The standard InChI is InChI=1S/C138H90O2/c139-137(129-82-115(104-59-56-98-46-22-25-49-101(98)62-104)76-116(83-129)105-60-57-99-47-23-26-50-102(99)63-105)130-84-117(106-61-58-100-48-24-27-51-103(100)64-106)77-126(89-130)127-65-107-52-28-29-53-133(107)136(90-127)135-55-31-30-54-134(135)128-80-114(97-44-20-7-21-45-97)75-121(81-128)125-79-124(120-73-112(95-40-16-5-17-41-95)68-113(74-120)96-42-18-6-19-43-96)87-132(88-125)138(140)131-85-122(118-69-108(91-32-8-1-9-33-91)66-109(70-118)92-34-10-2-11-35-92)78-123(86-131)119-71-110(93-36-12-3-13-37-93)67-111(72-119)94-38-14-4-15-39-94/h1-90H. The summed E-state index contributed by atoms with van der Waals surface area (Å²) in [4.78, 5) is 33.8. The Morgan fingerprint density at radius 2 is 0.279 bits per heavy atom. The van der Waals surface area contributed by atoms with Gasteiger partial charge in [0.1, 0.15) is 0 Å². The Labute approximate surface area is 815 Å². The topological polar surface area (TPSA) is 34.1 Å². The Bertz CT molecular complexity index is 8490. The van der Waals surface area contributed by atoms with E-state index in [9.17, 15) is 0 Å². The highest BCUT2D eigenvalue weighted by Gasteiger charge is 2.25. The lowest BCUT2D eigenvalue weighted by atomic mass is 9.85. The van der Waals surface area contributed by atoms with Crippen LogP contribution in [0.2, 0.25) is 0 Å². The van der Waals surface area contributed by atoms with Crippen molar-refractivity contribution in [3.63, 3.8) is 0 Å². The molecule has 0 saturated heterocycles. The van der Waals surface area contributed by atoms with Crippen molar-refractivity contribution in [1.82, 2.24) is 0 Å². The quantitative estimate of drug-likeness (QED) is 0.0672. The Morgan fingerprint density at radius 3 is 0.543 bits per heavy atom. The van der Waals surface area contributed by atoms with Crippen molar-refractivity contribution < 1.29 is 9.59 Å². The van der Waals surface area contributed by atoms with Crippen molar-refractivity contribution >= 4 is 54.7 Å². The van der Waals surface area contributed by atoms with Crippen molar-refractivity contribution in [2.75, 3.05) is 0 Å². The van der Waals surface area contributed by atoms with Gasteiger partial charge in [-0.1, -0.05) is 370 Å². The number of benzene rings is 24. The second kappa shape index (κ2) is 37.1. The Kier molecular flexibility index (Phi) is 22.5. The molecule has 0 fully saturated rings. The first-order valence-electron chi connectivity index (χ1n) is 47.9. The normalized spacial score (nSPS) is 11.3. The number of carbonyl (C=O) groups is 2. The van der Waals surface area contributed by atoms with E-state index in [0.29, 0.717) is 22.3 Å². The van der Waals surface area contributed by atoms with Crippen molar-refractivity contribution in [2.24, 2.45) is 0 Å². The highest BCUT2D eigenvalue weighted by Crippen LogP contribution is 2.47. The van der Waals surface area contributed by atoms with Crippen molar-refractivity contribution in [2.45, 2.75) is 0 Å². The molecule has 654 valence electrons. The van der Waals surface area contributed by atoms with Gasteiger partial charge in [0.2, 0.25) is 0 Å². The fraction of sp³-hybridized carbons (Fsp3) is 0. The number of ketones is 2. The molecule has 0 aliphatic rings. The second-order valence-corrected chi connectivity index (χ2v) is 36.6. The first kappa shape index (κ1) is 84.6. The molecule has 0 aromatic heterocycles. The maximum absolute atomic E-state index is 17.4. The molecule has 0 amide bonds. The summed E-state index contributed by atoms with van der Waals surface area (Å²) in [5.41, 5.74) is 36.4. The molecule has 0 unspecified atom stereocenters. The van der Waals surface area contributed by atoms with Crippen LogP contribution in [0.5, 0.6) is 0 Å². The fourth-order valence-electron chi connectivity index (χ4n) is 20.4. The molecule has 0 bridgehead atoms. The maximum Gasteiger partial charge on any atom is 0.193 e. The molecule has 0 aliphatic carbocycles. The number of carbonyl (C=O) groups excluding carboxylic acids is 2. The van der Waals surface area contributed by atoms with Gasteiger partial charge < -0.3 is 0 Å². The van der Waals surface area contributed by atoms with E-state index in [0.717, 1.165) is 232 Å². The third kappa shape index (κ3) is 17.3. The zero-order valence-electron chi connectivity index (χ0n) is 76.8. The van der Waals surface area contributed by atoms with E-state index in [1.807, 2.05) is 0 Å². The molecule has 24 rings (SSSR count). The first-order chi connectivity index (χ1) is 69.1. The monoisotopic (exact) mass is 1780 g/mol. The number of hydrogen-bond acceptors (Lipinski definition) is 2. The second-order valence-electron chi connectivity index (χ2n) is 36.6. The summed E-state index contributed by atoms with van der Waals surface area (Å²) in [5, 5.41) is 8.93. The van der Waals surface area contributed by atoms with E-state index in [1.165, 1.54) is 0 Å². The van der Waals surface area contributed by atoms with Crippen molar-refractivity contribution in [3.05, 3.63) is 568 Å². The molecular formula is C138H90O2. The Balaban J connectivity index is 0.695. The predicted molar refractivity (Wildman–Crippen MR) is 589 cm³/mol. The van der Waals surface area contributed by atoms with Crippen LogP contribution in [0, 0.1) is 0 Å². The first-order valence-corrected chi connectivity index (χ1v) is 47.9. The molecule has 2 heteroatoms. The summed E-state index contributed by atoms with van der Waals surface area (Å²) in [6, 6.07) is 195. The highest BCUT2D eigenvalue weighted by molar-refractivity contribution is 6.14. The molecule has 0 heterocycles. The zero-order chi connectivity index (χ0) is 93.4. The summed E-state index contributed by atoms with van der Waals surface area (Å²) in [6.45, 7) is 0. The third-order valence-electron chi connectivity index (χ3n) is 27.6. The van der Waals surface area contributed by atoms with Crippen LogP contribution in [0.15, 0.2) is 546 Å². The van der Waals surface area contributed by atoms with Crippen LogP contribution in [0.25, 0.3) is 232 Å². The molecule has 24 aromatic carbocycles. The highest BCUT2D eigenvalue weighted by atomic mass is 16.1. The van der Waals surface area contributed by atoms with Gasteiger partial charge in [0.25, 0.3) is 0 Å². The van der Waals surface area contributed by atoms with Crippen LogP contribution in [0.3, 0.4) is 0 Å². The predicted octanol–water partition coefficient (Wildman–Crippen LogP) is 37.1. The lowest BCUT2D eigenvalue weighted by Crippen LogP contribution is -2.04. The van der Waals surface area contributed by atoms with Crippen LogP contribution >= 0.6 is 0 Å². The van der Waals surface area contributed by atoms with E-state index in [-0.39, 0.29) is 11.6 Å². The smallest absolute Gasteiger partial charge is 0.193 e. The van der Waals surface area contributed by atoms with E-state index in [2.05, 4.69) is 546 Å². The average molecular weight is 1780 g/mol. The van der Waals surface area contributed by atoms with Gasteiger partial charge in [-0.25, -0.2) is 0 Å². The van der Waals surface area contributed by atoms with Gasteiger partial charge in [-0.2, -0.15) is 0 Å². The molecular weight excluding hydrogens is 1690 g/mol. The lowest BCUT2D eigenvalue weighted by Gasteiger charge is -2.19. The largest absolute Gasteiger partial charge is 0.289 e. The van der Waals surface area contributed by atoms with E-state index < -0.39 is 0 Å². The van der Waals surface area contributed by atoms with Crippen LogP contribution in [0.1, 0.15) is 31.8 Å². The van der Waals surface area contributed by atoms with E-state index in [1.54, 1.807) is 0 Å². The fourth-order valence-corrected chi connectivity index (χ4v) is 20.4. The summed E-state index contributed by atoms with van der Waals surface area (Å²) >= 11 is 0. The van der Waals surface area contributed by atoms with Crippen LogP contribution in [0.4, 0.5) is 0 Å². The summed E-state index contributed by atoms with van der Waals surface area (Å²) in [7, 11) is 0. The third-order valence-corrected chi connectivity index (χ3v) is 27.6. The lowest BCUT2D eigenvalue weighted by molar-refractivity contribution is 0.103. The van der Waals surface area contributed by atoms with E-state index >= 15 is 9.59 Å². The minimum atomic E-state index is -0.128. The molecule has 0 saturated carbocycles. The minimum Gasteiger partial charge on any atom is -0.289 e. The number of rotatable bonds is 21. The molecule has 0 atom stereocenters. The van der Waals surface area contributed by atoms with Crippen LogP contribution in [-0.4, -0.2) is 11.6 Å². The van der Waals surface area contributed by atoms with E-state index in [4.69, 9.17) is 0 Å². The molecule has 0 radical (unpaired) electrons.